The zero-order chi connectivity index (χ0) is 10.8. The van der Waals surface area contributed by atoms with Gasteiger partial charge in [-0.25, -0.2) is 4.79 Å². The summed E-state index contributed by atoms with van der Waals surface area (Å²) < 4.78 is 9.49. The molecule has 0 aliphatic rings. The Labute approximate surface area is 91.4 Å². The molecule has 0 N–H and O–H groups in total. The van der Waals surface area contributed by atoms with Crippen LogP contribution in [0, 0.1) is 0 Å². The Morgan fingerprint density at radius 1 is 1.29 bits per heavy atom. The van der Waals surface area contributed by atoms with Crippen molar-refractivity contribution in [3.05, 3.63) is 12.7 Å². The van der Waals surface area contributed by atoms with Crippen molar-refractivity contribution in [1.29, 1.82) is 0 Å². The average molecular weight is 265 g/mol. The standard InChI is InChI=1S/C9H13BrO4/c1-2-8(11)13-6-3-7-14-9(12)4-5-10/h2H,1,3-7H2. The molecule has 4 nitrogen and oxygen atoms in total. The van der Waals surface area contributed by atoms with E-state index in [1.54, 1.807) is 0 Å². The minimum atomic E-state index is -0.461. The Bertz CT molecular complexity index is 203. The summed E-state index contributed by atoms with van der Waals surface area (Å²) in [6.07, 6.45) is 1.96. The monoisotopic (exact) mass is 264 g/mol. The highest BCUT2D eigenvalue weighted by Crippen LogP contribution is 1.93. The van der Waals surface area contributed by atoms with Crippen LogP contribution in [-0.4, -0.2) is 30.5 Å². The summed E-state index contributed by atoms with van der Waals surface area (Å²) in [6, 6.07) is 0. The van der Waals surface area contributed by atoms with E-state index in [1.165, 1.54) is 0 Å². The quantitative estimate of drug-likeness (QED) is 0.302. The van der Waals surface area contributed by atoms with Crippen LogP contribution in [0.3, 0.4) is 0 Å². The van der Waals surface area contributed by atoms with Gasteiger partial charge in [0.05, 0.1) is 19.6 Å². The normalized spacial score (nSPS) is 9.21. The van der Waals surface area contributed by atoms with Gasteiger partial charge in [0, 0.05) is 17.8 Å². The number of hydrogen-bond acceptors (Lipinski definition) is 4. The third-order valence-electron chi connectivity index (χ3n) is 1.26. The first-order valence-electron chi connectivity index (χ1n) is 4.21. The molecule has 0 fully saturated rings. The van der Waals surface area contributed by atoms with Crippen molar-refractivity contribution in [3.63, 3.8) is 0 Å². The molecule has 0 rings (SSSR count). The van der Waals surface area contributed by atoms with E-state index in [4.69, 9.17) is 4.74 Å². The molecule has 0 aromatic rings. The van der Waals surface area contributed by atoms with Gasteiger partial charge in [0.1, 0.15) is 0 Å². The maximum Gasteiger partial charge on any atom is 0.330 e. The number of halogens is 1. The van der Waals surface area contributed by atoms with Gasteiger partial charge in [0.2, 0.25) is 0 Å². The van der Waals surface area contributed by atoms with Crippen LogP contribution in [0.25, 0.3) is 0 Å². The van der Waals surface area contributed by atoms with Gasteiger partial charge in [-0.15, -0.1) is 0 Å². The van der Waals surface area contributed by atoms with E-state index in [1.807, 2.05) is 0 Å². The Morgan fingerprint density at radius 2 is 1.93 bits per heavy atom. The second-order valence-corrected chi connectivity index (χ2v) is 3.18. The van der Waals surface area contributed by atoms with Gasteiger partial charge in [-0.3, -0.25) is 4.79 Å². The summed E-state index contributed by atoms with van der Waals surface area (Å²) in [6.45, 7) is 3.76. The molecular formula is C9H13BrO4. The van der Waals surface area contributed by atoms with E-state index in [0.29, 0.717) is 18.2 Å². The minimum Gasteiger partial charge on any atom is -0.466 e. The number of carbonyl (C=O) groups is 2. The average Bonchev–Trinajstić information content (AvgIpc) is 2.17. The van der Waals surface area contributed by atoms with Crippen LogP contribution in [0.4, 0.5) is 0 Å². The Hall–Kier alpha value is -0.840. The molecule has 0 aromatic carbocycles. The molecule has 0 saturated heterocycles. The van der Waals surface area contributed by atoms with Crippen molar-refractivity contribution in [1.82, 2.24) is 0 Å². The zero-order valence-electron chi connectivity index (χ0n) is 7.83. The maximum absolute atomic E-state index is 10.8. The van der Waals surface area contributed by atoms with Gasteiger partial charge in [0.25, 0.3) is 0 Å². The molecule has 0 bridgehead atoms. The van der Waals surface area contributed by atoms with Crippen LogP contribution < -0.4 is 0 Å². The van der Waals surface area contributed by atoms with Crippen LogP contribution in [0.15, 0.2) is 12.7 Å². The smallest absolute Gasteiger partial charge is 0.330 e. The number of alkyl halides is 1. The molecule has 14 heavy (non-hydrogen) atoms. The van der Waals surface area contributed by atoms with Gasteiger partial charge >= 0.3 is 11.9 Å². The Morgan fingerprint density at radius 3 is 2.50 bits per heavy atom. The molecule has 0 atom stereocenters. The minimum absolute atomic E-state index is 0.243. The van der Waals surface area contributed by atoms with Gasteiger partial charge in [0.15, 0.2) is 0 Å². The molecule has 0 aliphatic carbocycles. The van der Waals surface area contributed by atoms with Crippen molar-refractivity contribution >= 4 is 27.9 Å². The summed E-state index contributed by atoms with van der Waals surface area (Å²) in [5, 5.41) is 0.595. The fourth-order valence-electron chi connectivity index (χ4n) is 0.626. The molecule has 0 aromatic heterocycles. The van der Waals surface area contributed by atoms with Crippen LogP contribution in [0.1, 0.15) is 12.8 Å². The lowest BCUT2D eigenvalue weighted by atomic mass is 10.4. The van der Waals surface area contributed by atoms with E-state index in [-0.39, 0.29) is 19.2 Å². The third kappa shape index (κ3) is 7.79. The highest BCUT2D eigenvalue weighted by atomic mass is 79.9. The molecule has 0 spiro atoms. The first-order valence-corrected chi connectivity index (χ1v) is 5.33. The van der Waals surface area contributed by atoms with Crippen LogP contribution in [0.2, 0.25) is 0 Å². The number of esters is 2. The summed E-state index contributed by atoms with van der Waals surface area (Å²) in [5.74, 6) is -0.714. The lowest BCUT2D eigenvalue weighted by Gasteiger charge is -2.03. The summed E-state index contributed by atoms with van der Waals surface area (Å²) >= 11 is 3.12. The van der Waals surface area contributed by atoms with E-state index in [0.717, 1.165) is 6.08 Å². The molecule has 0 heterocycles. The maximum atomic E-state index is 10.8. The largest absolute Gasteiger partial charge is 0.466 e. The Kier molecular flexibility index (Phi) is 8.22. The molecule has 0 aliphatic heterocycles. The molecular weight excluding hydrogens is 252 g/mol. The number of hydrogen-bond donors (Lipinski definition) is 0. The lowest BCUT2D eigenvalue weighted by molar-refractivity contribution is -0.144. The van der Waals surface area contributed by atoms with Crippen LogP contribution in [-0.2, 0) is 19.1 Å². The highest BCUT2D eigenvalue weighted by molar-refractivity contribution is 9.09. The third-order valence-corrected chi connectivity index (χ3v) is 1.66. The topological polar surface area (TPSA) is 52.6 Å². The Balaban J connectivity index is 3.25. The first kappa shape index (κ1) is 13.2. The molecule has 80 valence electrons. The van der Waals surface area contributed by atoms with Crippen LogP contribution in [0.5, 0.6) is 0 Å². The highest BCUT2D eigenvalue weighted by Gasteiger charge is 2.01. The van der Waals surface area contributed by atoms with Crippen LogP contribution >= 0.6 is 15.9 Å². The summed E-state index contributed by atoms with van der Waals surface area (Å²) in [7, 11) is 0. The van der Waals surface area contributed by atoms with Gasteiger partial charge in [-0.2, -0.15) is 0 Å². The second kappa shape index (κ2) is 8.74. The zero-order valence-corrected chi connectivity index (χ0v) is 9.42. The summed E-state index contributed by atoms with van der Waals surface area (Å²) in [4.78, 5) is 21.4. The second-order valence-electron chi connectivity index (χ2n) is 2.38. The fraction of sp³-hybridized carbons (Fsp3) is 0.556. The van der Waals surface area contributed by atoms with E-state index >= 15 is 0 Å². The predicted molar refractivity (Wildman–Crippen MR) is 55.1 cm³/mol. The van der Waals surface area contributed by atoms with Gasteiger partial charge in [-0.05, 0) is 0 Å². The molecule has 0 amide bonds. The molecule has 0 unspecified atom stereocenters. The van der Waals surface area contributed by atoms with E-state index < -0.39 is 5.97 Å². The van der Waals surface area contributed by atoms with Gasteiger partial charge < -0.3 is 9.47 Å². The van der Waals surface area contributed by atoms with Crippen molar-refractivity contribution in [2.75, 3.05) is 18.5 Å². The molecule has 0 radical (unpaired) electrons. The van der Waals surface area contributed by atoms with Crippen molar-refractivity contribution in [2.45, 2.75) is 12.8 Å². The number of ether oxygens (including phenoxy) is 2. The number of carbonyl (C=O) groups excluding carboxylic acids is 2. The lowest BCUT2D eigenvalue weighted by Crippen LogP contribution is -2.09. The van der Waals surface area contributed by atoms with Crippen molar-refractivity contribution in [2.24, 2.45) is 0 Å². The summed E-state index contributed by atoms with van der Waals surface area (Å²) in [5.41, 5.74) is 0. The molecule has 0 saturated carbocycles. The fourth-order valence-corrected chi connectivity index (χ4v) is 0.950. The van der Waals surface area contributed by atoms with E-state index in [9.17, 15) is 9.59 Å². The van der Waals surface area contributed by atoms with E-state index in [2.05, 4.69) is 27.2 Å². The molecule has 5 heteroatoms. The SMILES string of the molecule is C=CC(=O)OCCCOC(=O)CCBr. The number of rotatable bonds is 7. The van der Waals surface area contributed by atoms with Crippen molar-refractivity contribution in [3.8, 4) is 0 Å². The van der Waals surface area contributed by atoms with Gasteiger partial charge in [-0.1, -0.05) is 22.5 Å². The first-order chi connectivity index (χ1) is 6.70. The van der Waals surface area contributed by atoms with Crippen molar-refractivity contribution < 1.29 is 19.1 Å². The predicted octanol–water partition coefficient (Wildman–Crippen LogP) is 1.43.